The Morgan fingerprint density at radius 3 is 2.80 bits per heavy atom. The van der Waals surface area contributed by atoms with Crippen LogP contribution in [0.25, 0.3) is 0 Å². The van der Waals surface area contributed by atoms with Crippen molar-refractivity contribution in [1.82, 2.24) is 0 Å². The van der Waals surface area contributed by atoms with E-state index in [1.54, 1.807) is 38.1 Å². The van der Waals surface area contributed by atoms with Gasteiger partial charge in [0.25, 0.3) is 0 Å². The molecule has 3 heteroatoms. The van der Waals surface area contributed by atoms with Crippen molar-refractivity contribution in [3.05, 3.63) is 29.8 Å². The minimum Gasteiger partial charge on any atom is -0.493 e. The average molecular weight is 208 g/mol. The molecule has 0 saturated carbocycles. The van der Waals surface area contributed by atoms with Crippen LogP contribution in [-0.4, -0.2) is 23.6 Å². The van der Waals surface area contributed by atoms with Crippen LogP contribution in [0.4, 0.5) is 0 Å². The maximum absolute atomic E-state index is 10.5. The van der Waals surface area contributed by atoms with E-state index in [1.807, 2.05) is 0 Å². The number of hydrogen-bond acceptors (Lipinski definition) is 3. The van der Waals surface area contributed by atoms with Crippen molar-refractivity contribution in [3.8, 4) is 5.75 Å². The molecule has 0 amide bonds. The van der Waals surface area contributed by atoms with E-state index in [-0.39, 0.29) is 0 Å². The van der Waals surface area contributed by atoms with Gasteiger partial charge in [-0.3, -0.25) is 4.79 Å². The lowest BCUT2D eigenvalue weighted by molar-refractivity contribution is 0.0553. The van der Waals surface area contributed by atoms with E-state index in [9.17, 15) is 9.90 Å². The Hall–Kier alpha value is -1.35. The van der Waals surface area contributed by atoms with E-state index in [4.69, 9.17) is 4.74 Å². The maximum Gasteiger partial charge on any atom is 0.150 e. The summed E-state index contributed by atoms with van der Waals surface area (Å²) in [5.74, 6) is 0.656. The van der Waals surface area contributed by atoms with Gasteiger partial charge in [0.05, 0.1) is 12.2 Å². The standard InChI is InChI=1S/C12H16O3/c1-12(2,14)6-7-15-11-5-3-4-10(8-11)9-13/h3-5,8-9,14H,6-7H2,1-2H3. The molecule has 0 radical (unpaired) electrons. The Balaban J connectivity index is 2.47. The summed E-state index contributed by atoms with van der Waals surface area (Å²) in [5.41, 5.74) is -0.127. The van der Waals surface area contributed by atoms with Gasteiger partial charge in [-0.15, -0.1) is 0 Å². The number of aldehydes is 1. The number of carbonyl (C=O) groups is 1. The second-order valence-electron chi connectivity index (χ2n) is 4.10. The summed E-state index contributed by atoms with van der Waals surface area (Å²) in [6.07, 6.45) is 1.33. The van der Waals surface area contributed by atoms with Crippen LogP contribution in [0.3, 0.4) is 0 Å². The molecule has 82 valence electrons. The Labute approximate surface area is 89.7 Å². The van der Waals surface area contributed by atoms with Crippen LogP contribution < -0.4 is 4.74 Å². The summed E-state index contributed by atoms with van der Waals surface area (Å²) < 4.78 is 5.41. The molecule has 1 N–H and O–H groups in total. The van der Waals surface area contributed by atoms with Gasteiger partial charge >= 0.3 is 0 Å². The van der Waals surface area contributed by atoms with Crippen molar-refractivity contribution in [2.24, 2.45) is 0 Å². The third kappa shape index (κ3) is 4.61. The molecule has 0 saturated heterocycles. The van der Waals surface area contributed by atoms with Crippen LogP contribution in [0, 0.1) is 0 Å². The predicted molar refractivity (Wildman–Crippen MR) is 58.2 cm³/mol. The second kappa shape index (κ2) is 4.94. The fourth-order valence-electron chi connectivity index (χ4n) is 1.10. The zero-order valence-electron chi connectivity index (χ0n) is 9.06. The average Bonchev–Trinajstić information content (AvgIpc) is 2.16. The number of rotatable bonds is 5. The van der Waals surface area contributed by atoms with Crippen LogP contribution in [0.2, 0.25) is 0 Å². The number of ether oxygens (including phenoxy) is 1. The molecule has 0 aliphatic heterocycles. The topological polar surface area (TPSA) is 46.5 Å². The Morgan fingerprint density at radius 2 is 2.20 bits per heavy atom. The number of benzene rings is 1. The van der Waals surface area contributed by atoms with Crippen molar-refractivity contribution < 1.29 is 14.6 Å². The quantitative estimate of drug-likeness (QED) is 0.753. The third-order valence-corrected chi connectivity index (χ3v) is 1.98. The summed E-state index contributed by atoms with van der Waals surface area (Å²) in [6.45, 7) is 3.90. The summed E-state index contributed by atoms with van der Waals surface area (Å²) in [4.78, 5) is 10.5. The van der Waals surface area contributed by atoms with Gasteiger partial charge in [0.1, 0.15) is 12.0 Å². The van der Waals surface area contributed by atoms with Gasteiger partial charge < -0.3 is 9.84 Å². The molecule has 1 rings (SSSR count). The third-order valence-electron chi connectivity index (χ3n) is 1.98. The highest BCUT2D eigenvalue weighted by Gasteiger charge is 2.11. The number of hydrogen-bond donors (Lipinski definition) is 1. The van der Waals surface area contributed by atoms with Crippen LogP contribution >= 0.6 is 0 Å². The first-order chi connectivity index (χ1) is 7.01. The highest BCUT2D eigenvalue weighted by atomic mass is 16.5. The molecule has 0 aromatic heterocycles. The maximum atomic E-state index is 10.5. The highest BCUT2D eigenvalue weighted by Crippen LogP contribution is 2.14. The number of carbonyl (C=O) groups excluding carboxylic acids is 1. The Morgan fingerprint density at radius 1 is 1.47 bits per heavy atom. The molecular weight excluding hydrogens is 192 g/mol. The van der Waals surface area contributed by atoms with Gasteiger partial charge in [-0.1, -0.05) is 12.1 Å². The Kier molecular flexibility index (Phi) is 3.86. The van der Waals surface area contributed by atoms with E-state index in [1.165, 1.54) is 0 Å². The minimum atomic E-state index is -0.720. The lowest BCUT2D eigenvalue weighted by Gasteiger charge is -2.17. The molecule has 0 heterocycles. The van der Waals surface area contributed by atoms with Crippen molar-refractivity contribution in [1.29, 1.82) is 0 Å². The van der Waals surface area contributed by atoms with Crippen LogP contribution in [0.1, 0.15) is 30.6 Å². The zero-order valence-corrected chi connectivity index (χ0v) is 9.06. The highest BCUT2D eigenvalue weighted by molar-refractivity contribution is 5.75. The van der Waals surface area contributed by atoms with Gasteiger partial charge in [0.2, 0.25) is 0 Å². The van der Waals surface area contributed by atoms with Crippen LogP contribution in [0.15, 0.2) is 24.3 Å². The number of aliphatic hydroxyl groups is 1. The minimum absolute atomic E-state index is 0.436. The summed E-state index contributed by atoms with van der Waals surface area (Å²) in [7, 11) is 0. The zero-order chi connectivity index (χ0) is 11.3. The largest absolute Gasteiger partial charge is 0.493 e. The first kappa shape index (κ1) is 11.7. The molecule has 0 bridgehead atoms. The van der Waals surface area contributed by atoms with Gasteiger partial charge in [-0.25, -0.2) is 0 Å². The van der Waals surface area contributed by atoms with Crippen molar-refractivity contribution in [2.45, 2.75) is 25.9 Å². The van der Waals surface area contributed by atoms with Crippen molar-refractivity contribution in [2.75, 3.05) is 6.61 Å². The molecule has 3 nitrogen and oxygen atoms in total. The predicted octanol–water partition coefficient (Wildman–Crippen LogP) is 2.04. The fourth-order valence-corrected chi connectivity index (χ4v) is 1.10. The van der Waals surface area contributed by atoms with E-state index >= 15 is 0 Å². The van der Waals surface area contributed by atoms with Gasteiger partial charge in [-0.05, 0) is 26.0 Å². The molecule has 0 spiro atoms. The van der Waals surface area contributed by atoms with Crippen LogP contribution in [-0.2, 0) is 0 Å². The lowest BCUT2D eigenvalue weighted by Crippen LogP contribution is -2.21. The summed E-state index contributed by atoms with van der Waals surface area (Å²) >= 11 is 0. The normalized spacial score (nSPS) is 11.1. The van der Waals surface area contributed by atoms with Crippen molar-refractivity contribution in [3.63, 3.8) is 0 Å². The van der Waals surface area contributed by atoms with E-state index in [0.29, 0.717) is 24.3 Å². The molecule has 1 aromatic carbocycles. The molecule has 0 fully saturated rings. The molecule has 0 atom stereocenters. The smallest absolute Gasteiger partial charge is 0.150 e. The molecular formula is C12H16O3. The van der Waals surface area contributed by atoms with Gasteiger partial charge in [-0.2, -0.15) is 0 Å². The molecule has 0 unspecified atom stereocenters. The van der Waals surface area contributed by atoms with E-state index in [0.717, 1.165) is 6.29 Å². The molecule has 15 heavy (non-hydrogen) atoms. The van der Waals surface area contributed by atoms with E-state index < -0.39 is 5.60 Å². The summed E-state index contributed by atoms with van der Waals surface area (Å²) in [6, 6.07) is 6.95. The van der Waals surface area contributed by atoms with Crippen LogP contribution in [0.5, 0.6) is 5.75 Å². The lowest BCUT2D eigenvalue weighted by atomic mass is 10.1. The Bertz CT molecular complexity index is 326. The first-order valence-corrected chi connectivity index (χ1v) is 4.92. The monoisotopic (exact) mass is 208 g/mol. The van der Waals surface area contributed by atoms with Crippen molar-refractivity contribution >= 4 is 6.29 Å². The van der Waals surface area contributed by atoms with Gasteiger partial charge in [0.15, 0.2) is 0 Å². The second-order valence-corrected chi connectivity index (χ2v) is 4.10. The SMILES string of the molecule is CC(C)(O)CCOc1cccc(C=O)c1. The first-order valence-electron chi connectivity index (χ1n) is 4.92. The van der Waals surface area contributed by atoms with E-state index in [2.05, 4.69) is 0 Å². The molecule has 0 aliphatic rings. The fraction of sp³-hybridized carbons (Fsp3) is 0.417. The molecule has 0 aliphatic carbocycles. The molecule has 1 aromatic rings. The van der Waals surface area contributed by atoms with Gasteiger partial charge in [0, 0.05) is 12.0 Å². The summed E-state index contributed by atoms with van der Waals surface area (Å²) in [5, 5.41) is 9.46.